The highest BCUT2D eigenvalue weighted by Crippen LogP contribution is 2.37. The maximum absolute atomic E-state index is 8.90. The van der Waals surface area contributed by atoms with E-state index in [2.05, 4.69) is 10.1 Å². The van der Waals surface area contributed by atoms with Crippen LogP contribution in [-0.2, 0) is 0 Å². The van der Waals surface area contributed by atoms with E-state index in [-0.39, 0.29) is 0 Å². The first-order valence-corrected chi connectivity index (χ1v) is 7.30. The van der Waals surface area contributed by atoms with Gasteiger partial charge in [-0.15, -0.1) is 0 Å². The van der Waals surface area contributed by atoms with Gasteiger partial charge in [0.15, 0.2) is 0 Å². The first-order chi connectivity index (χ1) is 8.36. The molecule has 96 valence electrons. The van der Waals surface area contributed by atoms with E-state index in [0.29, 0.717) is 0 Å². The predicted molar refractivity (Wildman–Crippen MR) is 68.5 cm³/mol. The number of hydrogen-bond acceptors (Lipinski definition) is 3. The third-order valence-electron chi connectivity index (χ3n) is 5.14. The van der Waals surface area contributed by atoms with E-state index in [4.69, 9.17) is 5.21 Å². The zero-order valence-electron chi connectivity index (χ0n) is 10.6. The van der Waals surface area contributed by atoms with Crippen molar-refractivity contribution in [3.63, 3.8) is 0 Å². The van der Waals surface area contributed by atoms with Crippen LogP contribution in [0.15, 0.2) is 5.16 Å². The van der Waals surface area contributed by atoms with Gasteiger partial charge in [0.25, 0.3) is 0 Å². The number of oxime groups is 1. The molecule has 3 fully saturated rings. The molecule has 1 N–H and O–H groups in total. The van der Waals surface area contributed by atoms with Gasteiger partial charge in [-0.1, -0.05) is 24.4 Å². The molecule has 3 nitrogen and oxygen atoms in total. The standard InChI is InChI=1S/C14H24N2O/c17-15-13-7-6-11-9-16(10-12(11)8-13)14-4-2-1-3-5-14/h11-12,14,17H,1-10H2/b15-13-/t11-,12-/m0/s1. The van der Waals surface area contributed by atoms with Crippen LogP contribution in [0.3, 0.4) is 0 Å². The molecule has 2 atom stereocenters. The third-order valence-corrected chi connectivity index (χ3v) is 5.14. The molecule has 0 bridgehead atoms. The first-order valence-electron chi connectivity index (χ1n) is 7.30. The largest absolute Gasteiger partial charge is 0.411 e. The molecule has 0 aromatic rings. The van der Waals surface area contributed by atoms with Gasteiger partial charge in [0.05, 0.1) is 5.71 Å². The lowest BCUT2D eigenvalue weighted by atomic mass is 9.81. The van der Waals surface area contributed by atoms with Crippen molar-refractivity contribution < 1.29 is 5.21 Å². The molecular weight excluding hydrogens is 212 g/mol. The molecule has 0 spiro atoms. The van der Waals surface area contributed by atoms with Crippen molar-refractivity contribution in [1.29, 1.82) is 0 Å². The van der Waals surface area contributed by atoms with Gasteiger partial charge in [0.2, 0.25) is 0 Å². The Labute approximate surface area is 104 Å². The Morgan fingerprint density at radius 2 is 1.76 bits per heavy atom. The SMILES string of the molecule is O/N=C1/CC[C@H]2CN(C3CCCCC3)C[C@@H]2C1. The van der Waals surface area contributed by atoms with Crippen molar-refractivity contribution in [1.82, 2.24) is 4.90 Å². The summed E-state index contributed by atoms with van der Waals surface area (Å²) in [6.45, 7) is 2.57. The van der Waals surface area contributed by atoms with Crippen molar-refractivity contribution in [2.24, 2.45) is 17.0 Å². The topological polar surface area (TPSA) is 35.8 Å². The fourth-order valence-electron chi connectivity index (χ4n) is 4.13. The number of hydrogen-bond donors (Lipinski definition) is 1. The van der Waals surface area contributed by atoms with E-state index in [1.54, 1.807) is 0 Å². The van der Waals surface area contributed by atoms with Crippen LogP contribution in [0.2, 0.25) is 0 Å². The van der Waals surface area contributed by atoms with Gasteiger partial charge in [-0.3, -0.25) is 4.90 Å². The Morgan fingerprint density at radius 1 is 1.00 bits per heavy atom. The van der Waals surface area contributed by atoms with Crippen molar-refractivity contribution in [2.75, 3.05) is 13.1 Å². The van der Waals surface area contributed by atoms with Crippen LogP contribution < -0.4 is 0 Å². The molecule has 1 heterocycles. The zero-order chi connectivity index (χ0) is 11.7. The minimum atomic E-state index is 0.775. The predicted octanol–water partition coefficient (Wildman–Crippen LogP) is 2.88. The Morgan fingerprint density at radius 3 is 2.53 bits per heavy atom. The van der Waals surface area contributed by atoms with Crippen LogP contribution >= 0.6 is 0 Å². The highest BCUT2D eigenvalue weighted by molar-refractivity contribution is 5.84. The summed E-state index contributed by atoms with van der Waals surface area (Å²) in [5.74, 6) is 1.65. The summed E-state index contributed by atoms with van der Waals surface area (Å²) in [6, 6.07) is 0.865. The molecular formula is C14H24N2O. The third kappa shape index (κ3) is 2.35. The highest BCUT2D eigenvalue weighted by Gasteiger charge is 2.39. The van der Waals surface area contributed by atoms with E-state index in [1.807, 2.05) is 0 Å². The van der Waals surface area contributed by atoms with Crippen molar-refractivity contribution in [3.8, 4) is 0 Å². The summed E-state index contributed by atoms with van der Waals surface area (Å²) >= 11 is 0. The molecule has 17 heavy (non-hydrogen) atoms. The minimum Gasteiger partial charge on any atom is -0.411 e. The second kappa shape index (κ2) is 4.97. The Balaban J connectivity index is 1.60. The molecule has 1 aliphatic heterocycles. The number of likely N-dealkylation sites (tertiary alicyclic amines) is 1. The van der Waals surface area contributed by atoms with E-state index in [9.17, 15) is 0 Å². The highest BCUT2D eigenvalue weighted by atomic mass is 16.4. The van der Waals surface area contributed by atoms with Crippen LogP contribution in [0, 0.1) is 11.8 Å². The molecule has 0 aromatic heterocycles. The normalized spacial score (nSPS) is 38.5. The lowest BCUT2D eigenvalue weighted by Gasteiger charge is -2.31. The first kappa shape index (κ1) is 11.5. The Hall–Kier alpha value is -0.570. The van der Waals surface area contributed by atoms with E-state index in [1.165, 1.54) is 51.6 Å². The quantitative estimate of drug-likeness (QED) is 0.561. The fourth-order valence-corrected chi connectivity index (χ4v) is 4.13. The smallest absolute Gasteiger partial charge is 0.0574 e. The summed E-state index contributed by atoms with van der Waals surface area (Å²) in [6.07, 6.45) is 10.5. The maximum atomic E-state index is 8.90. The molecule has 1 saturated heterocycles. The molecule has 2 aliphatic carbocycles. The van der Waals surface area contributed by atoms with Gasteiger partial charge in [0.1, 0.15) is 0 Å². The van der Waals surface area contributed by atoms with Crippen LogP contribution in [-0.4, -0.2) is 35.0 Å². The molecule has 3 heteroatoms. The average Bonchev–Trinajstić information content (AvgIpc) is 2.82. The maximum Gasteiger partial charge on any atom is 0.0574 e. The van der Waals surface area contributed by atoms with Gasteiger partial charge in [-0.05, 0) is 43.9 Å². The summed E-state index contributed by atoms with van der Waals surface area (Å²) in [5.41, 5.74) is 1.04. The summed E-state index contributed by atoms with van der Waals surface area (Å²) < 4.78 is 0. The van der Waals surface area contributed by atoms with Gasteiger partial charge in [-0.25, -0.2) is 0 Å². The van der Waals surface area contributed by atoms with Gasteiger partial charge in [0, 0.05) is 19.1 Å². The number of fused-ring (bicyclic) bond motifs is 1. The van der Waals surface area contributed by atoms with Gasteiger partial charge >= 0.3 is 0 Å². The molecule has 2 saturated carbocycles. The van der Waals surface area contributed by atoms with Crippen LogP contribution in [0.1, 0.15) is 51.4 Å². The van der Waals surface area contributed by atoms with Crippen molar-refractivity contribution >= 4 is 5.71 Å². The molecule has 0 unspecified atom stereocenters. The summed E-state index contributed by atoms with van der Waals surface area (Å²) in [5, 5.41) is 12.3. The molecule has 0 amide bonds. The lowest BCUT2D eigenvalue weighted by molar-refractivity contribution is 0.182. The van der Waals surface area contributed by atoms with Crippen LogP contribution in [0.5, 0.6) is 0 Å². The second-order valence-corrected chi connectivity index (χ2v) is 6.17. The van der Waals surface area contributed by atoms with E-state index >= 15 is 0 Å². The van der Waals surface area contributed by atoms with Gasteiger partial charge in [-0.2, -0.15) is 0 Å². The molecule has 0 radical (unpaired) electrons. The fraction of sp³-hybridized carbons (Fsp3) is 0.929. The Bertz CT molecular complexity index is 297. The monoisotopic (exact) mass is 236 g/mol. The van der Waals surface area contributed by atoms with E-state index in [0.717, 1.165) is 36.4 Å². The Kier molecular flexibility index (Phi) is 3.37. The van der Waals surface area contributed by atoms with Crippen LogP contribution in [0.4, 0.5) is 0 Å². The lowest BCUT2D eigenvalue weighted by Crippen LogP contribution is -2.35. The molecule has 0 aromatic carbocycles. The number of rotatable bonds is 1. The summed E-state index contributed by atoms with van der Waals surface area (Å²) in [4.78, 5) is 2.74. The summed E-state index contributed by atoms with van der Waals surface area (Å²) in [7, 11) is 0. The van der Waals surface area contributed by atoms with Crippen molar-refractivity contribution in [2.45, 2.75) is 57.4 Å². The second-order valence-electron chi connectivity index (χ2n) is 6.17. The minimum absolute atomic E-state index is 0.775. The van der Waals surface area contributed by atoms with Gasteiger partial charge < -0.3 is 5.21 Å². The zero-order valence-corrected chi connectivity index (χ0v) is 10.6. The van der Waals surface area contributed by atoms with Crippen molar-refractivity contribution in [3.05, 3.63) is 0 Å². The number of nitrogens with zero attached hydrogens (tertiary/aromatic N) is 2. The van der Waals surface area contributed by atoms with E-state index < -0.39 is 0 Å². The van der Waals surface area contributed by atoms with Crippen LogP contribution in [0.25, 0.3) is 0 Å². The molecule has 3 rings (SSSR count). The average molecular weight is 236 g/mol. The molecule has 3 aliphatic rings.